The zero-order valence-corrected chi connectivity index (χ0v) is 13.1. The van der Waals surface area contributed by atoms with E-state index in [2.05, 4.69) is 35.9 Å². The summed E-state index contributed by atoms with van der Waals surface area (Å²) < 4.78 is 5.82. The molecule has 0 radical (unpaired) electrons. The van der Waals surface area contributed by atoms with Gasteiger partial charge < -0.3 is 15.4 Å². The normalized spacial score (nSPS) is 16.3. The SMILES string of the molecule is Cc1cccc(C)c1OCCN=C(N)N1CCSCC1. The fourth-order valence-electron chi connectivity index (χ4n) is 2.23. The van der Waals surface area contributed by atoms with E-state index in [4.69, 9.17) is 10.5 Å². The number of ether oxygens (including phenoxy) is 1. The molecule has 5 heteroatoms. The van der Waals surface area contributed by atoms with Crippen molar-refractivity contribution in [2.75, 3.05) is 37.7 Å². The summed E-state index contributed by atoms with van der Waals surface area (Å²) in [5.74, 6) is 3.88. The number of aliphatic imine (C=N–C) groups is 1. The average molecular weight is 293 g/mol. The van der Waals surface area contributed by atoms with Gasteiger partial charge in [0, 0.05) is 24.6 Å². The number of nitrogens with two attached hydrogens (primary N) is 1. The van der Waals surface area contributed by atoms with Crippen molar-refractivity contribution < 1.29 is 4.74 Å². The lowest BCUT2D eigenvalue weighted by Gasteiger charge is -2.27. The molecule has 1 aromatic rings. The summed E-state index contributed by atoms with van der Waals surface area (Å²) >= 11 is 1.97. The Balaban J connectivity index is 1.80. The molecule has 4 nitrogen and oxygen atoms in total. The van der Waals surface area contributed by atoms with Gasteiger partial charge in [-0.1, -0.05) is 18.2 Å². The number of benzene rings is 1. The maximum atomic E-state index is 6.00. The van der Waals surface area contributed by atoms with Crippen LogP contribution in [-0.4, -0.2) is 48.6 Å². The van der Waals surface area contributed by atoms with E-state index < -0.39 is 0 Å². The van der Waals surface area contributed by atoms with Crippen LogP contribution in [0, 0.1) is 13.8 Å². The standard InChI is InChI=1S/C15H23N3OS/c1-12-4-3-5-13(2)14(12)19-9-6-17-15(16)18-7-10-20-11-8-18/h3-5H,6-11H2,1-2H3,(H2,16,17). The molecule has 0 saturated carbocycles. The molecule has 0 aromatic heterocycles. The highest BCUT2D eigenvalue weighted by molar-refractivity contribution is 7.99. The molecule has 2 rings (SSSR count). The Labute approximate surface area is 125 Å². The number of thioether (sulfide) groups is 1. The van der Waals surface area contributed by atoms with Crippen LogP contribution in [-0.2, 0) is 0 Å². The third-order valence-corrected chi connectivity index (χ3v) is 4.30. The summed E-state index contributed by atoms with van der Waals surface area (Å²) in [6, 6.07) is 6.17. The molecule has 1 aliphatic rings. The maximum Gasteiger partial charge on any atom is 0.191 e. The molecule has 0 unspecified atom stereocenters. The quantitative estimate of drug-likeness (QED) is 0.524. The van der Waals surface area contributed by atoms with E-state index >= 15 is 0 Å². The van der Waals surface area contributed by atoms with Crippen LogP contribution in [0.5, 0.6) is 5.75 Å². The van der Waals surface area contributed by atoms with Crippen molar-refractivity contribution in [1.29, 1.82) is 0 Å². The maximum absolute atomic E-state index is 6.00. The molecule has 1 fully saturated rings. The van der Waals surface area contributed by atoms with Gasteiger partial charge in [-0.2, -0.15) is 11.8 Å². The summed E-state index contributed by atoms with van der Waals surface area (Å²) in [7, 11) is 0. The molecule has 1 saturated heterocycles. The molecule has 0 spiro atoms. The zero-order chi connectivity index (χ0) is 14.4. The van der Waals surface area contributed by atoms with Crippen LogP contribution in [0.25, 0.3) is 0 Å². The van der Waals surface area contributed by atoms with E-state index in [1.165, 1.54) is 0 Å². The van der Waals surface area contributed by atoms with Crippen LogP contribution < -0.4 is 10.5 Å². The number of hydrogen-bond acceptors (Lipinski definition) is 3. The van der Waals surface area contributed by atoms with Crippen molar-refractivity contribution in [2.45, 2.75) is 13.8 Å². The first-order valence-electron chi connectivity index (χ1n) is 7.00. The molecule has 0 bridgehead atoms. The minimum absolute atomic E-state index is 0.564. The molecule has 0 aliphatic carbocycles. The molecule has 110 valence electrons. The van der Waals surface area contributed by atoms with Crippen LogP contribution in [0.2, 0.25) is 0 Å². The van der Waals surface area contributed by atoms with Crippen molar-refractivity contribution >= 4 is 17.7 Å². The van der Waals surface area contributed by atoms with Gasteiger partial charge in [0.15, 0.2) is 5.96 Å². The Morgan fingerprint density at radius 3 is 2.60 bits per heavy atom. The van der Waals surface area contributed by atoms with Gasteiger partial charge in [-0.3, -0.25) is 0 Å². The lowest BCUT2D eigenvalue weighted by atomic mass is 10.1. The number of para-hydroxylation sites is 1. The van der Waals surface area contributed by atoms with E-state index in [1.807, 2.05) is 17.8 Å². The third kappa shape index (κ3) is 4.07. The average Bonchev–Trinajstić information content (AvgIpc) is 2.46. The summed E-state index contributed by atoms with van der Waals surface area (Å²) in [5.41, 5.74) is 8.32. The first-order chi connectivity index (χ1) is 9.68. The van der Waals surface area contributed by atoms with Crippen molar-refractivity contribution in [1.82, 2.24) is 4.90 Å². The number of aryl methyl sites for hydroxylation is 2. The van der Waals surface area contributed by atoms with Crippen LogP contribution >= 0.6 is 11.8 Å². The van der Waals surface area contributed by atoms with Crippen molar-refractivity contribution in [3.05, 3.63) is 29.3 Å². The topological polar surface area (TPSA) is 50.9 Å². The highest BCUT2D eigenvalue weighted by Gasteiger charge is 2.11. The van der Waals surface area contributed by atoms with Gasteiger partial charge in [-0.25, -0.2) is 4.99 Å². The smallest absolute Gasteiger partial charge is 0.191 e. The lowest BCUT2D eigenvalue weighted by Crippen LogP contribution is -2.42. The predicted molar refractivity (Wildman–Crippen MR) is 86.8 cm³/mol. The summed E-state index contributed by atoms with van der Waals surface area (Å²) in [6.07, 6.45) is 0. The molecule has 1 heterocycles. The second-order valence-electron chi connectivity index (χ2n) is 4.91. The second kappa shape index (κ2) is 7.43. The number of guanidine groups is 1. The first-order valence-corrected chi connectivity index (χ1v) is 8.15. The fourth-order valence-corrected chi connectivity index (χ4v) is 3.13. The Morgan fingerprint density at radius 2 is 1.95 bits per heavy atom. The Hall–Kier alpha value is -1.36. The van der Waals surface area contributed by atoms with E-state index in [9.17, 15) is 0 Å². The molecular weight excluding hydrogens is 270 g/mol. The Kier molecular flexibility index (Phi) is 5.59. The molecule has 20 heavy (non-hydrogen) atoms. The van der Waals surface area contributed by atoms with E-state index in [0.29, 0.717) is 19.1 Å². The minimum atomic E-state index is 0.564. The number of hydrogen-bond donors (Lipinski definition) is 1. The van der Waals surface area contributed by atoms with Crippen LogP contribution in [0.15, 0.2) is 23.2 Å². The van der Waals surface area contributed by atoms with Crippen molar-refractivity contribution in [3.8, 4) is 5.75 Å². The van der Waals surface area contributed by atoms with Gasteiger partial charge in [0.25, 0.3) is 0 Å². The second-order valence-corrected chi connectivity index (χ2v) is 6.13. The summed E-state index contributed by atoms with van der Waals surface area (Å²) in [4.78, 5) is 6.56. The van der Waals surface area contributed by atoms with E-state index in [0.717, 1.165) is 41.5 Å². The van der Waals surface area contributed by atoms with Crippen LogP contribution in [0.4, 0.5) is 0 Å². The van der Waals surface area contributed by atoms with Crippen LogP contribution in [0.1, 0.15) is 11.1 Å². The Bertz CT molecular complexity index is 450. The van der Waals surface area contributed by atoms with Crippen LogP contribution in [0.3, 0.4) is 0 Å². The Morgan fingerprint density at radius 1 is 1.30 bits per heavy atom. The molecule has 1 aromatic carbocycles. The highest BCUT2D eigenvalue weighted by Crippen LogP contribution is 2.21. The summed E-state index contributed by atoms with van der Waals surface area (Å²) in [6.45, 7) is 7.28. The molecule has 0 atom stereocenters. The minimum Gasteiger partial charge on any atom is -0.491 e. The molecular formula is C15H23N3OS. The molecule has 2 N–H and O–H groups in total. The molecule has 0 amide bonds. The largest absolute Gasteiger partial charge is 0.491 e. The number of rotatable bonds is 4. The third-order valence-electron chi connectivity index (χ3n) is 3.36. The molecule has 1 aliphatic heterocycles. The van der Waals surface area contributed by atoms with Gasteiger partial charge in [-0.15, -0.1) is 0 Å². The zero-order valence-electron chi connectivity index (χ0n) is 12.3. The van der Waals surface area contributed by atoms with Gasteiger partial charge in [0.05, 0.1) is 6.54 Å². The van der Waals surface area contributed by atoms with E-state index in [1.54, 1.807) is 0 Å². The lowest BCUT2D eigenvalue weighted by molar-refractivity contribution is 0.323. The van der Waals surface area contributed by atoms with Crippen molar-refractivity contribution in [2.24, 2.45) is 10.7 Å². The predicted octanol–water partition coefficient (Wildman–Crippen LogP) is 2.05. The van der Waals surface area contributed by atoms with Gasteiger partial charge in [0.2, 0.25) is 0 Å². The first kappa shape index (κ1) is 15.0. The highest BCUT2D eigenvalue weighted by atomic mass is 32.2. The fraction of sp³-hybridized carbons (Fsp3) is 0.533. The monoisotopic (exact) mass is 293 g/mol. The number of nitrogens with zero attached hydrogens (tertiary/aromatic N) is 2. The summed E-state index contributed by atoms with van der Waals surface area (Å²) in [5, 5.41) is 0. The van der Waals surface area contributed by atoms with Gasteiger partial charge in [0.1, 0.15) is 12.4 Å². The van der Waals surface area contributed by atoms with Gasteiger partial charge >= 0.3 is 0 Å². The van der Waals surface area contributed by atoms with Crippen molar-refractivity contribution in [3.63, 3.8) is 0 Å². The van der Waals surface area contributed by atoms with E-state index in [-0.39, 0.29) is 0 Å². The van der Waals surface area contributed by atoms with Gasteiger partial charge in [-0.05, 0) is 25.0 Å².